The number of hydrogen-bond acceptors (Lipinski definition) is 1. The predicted octanol–water partition coefficient (Wildman–Crippen LogP) is 10.9. The third-order valence-electron chi connectivity index (χ3n) is 9.45. The molecule has 0 N–H and O–H groups in total. The normalized spacial score (nSPS) is 25.0. The van der Waals surface area contributed by atoms with Crippen molar-refractivity contribution >= 4 is 0 Å². The second-order valence-electron chi connectivity index (χ2n) is 12.2. The maximum atomic E-state index is 6.00. The van der Waals surface area contributed by atoms with Crippen LogP contribution in [0.4, 0.5) is 0 Å². The Balaban J connectivity index is 1.22. The van der Waals surface area contributed by atoms with E-state index in [1.165, 1.54) is 140 Å². The minimum Gasteiger partial charge on any atom is -0.494 e. The van der Waals surface area contributed by atoms with E-state index in [2.05, 4.69) is 38.1 Å². The van der Waals surface area contributed by atoms with E-state index in [9.17, 15) is 0 Å². The van der Waals surface area contributed by atoms with Crippen LogP contribution >= 0.6 is 0 Å². The van der Waals surface area contributed by atoms with Gasteiger partial charge in [-0.15, -0.1) is 0 Å². The highest BCUT2D eigenvalue weighted by atomic mass is 16.5. The second kappa shape index (κ2) is 17.5. The average molecular weight is 483 g/mol. The maximum absolute atomic E-state index is 6.00. The lowest BCUT2D eigenvalue weighted by atomic mass is 9.68. The Hall–Kier alpha value is -0.980. The molecular weight excluding hydrogens is 424 g/mol. The molecule has 0 amide bonds. The molecule has 2 aliphatic rings. The molecule has 1 aromatic carbocycles. The first kappa shape index (κ1) is 28.6. The summed E-state index contributed by atoms with van der Waals surface area (Å²) in [5.74, 6) is 5.19. The Morgan fingerprint density at radius 3 is 1.66 bits per heavy atom. The molecule has 0 radical (unpaired) electrons. The zero-order chi connectivity index (χ0) is 24.6. The summed E-state index contributed by atoms with van der Waals surface area (Å²) in [7, 11) is 0. The van der Waals surface area contributed by atoms with Crippen LogP contribution in [-0.4, -0.2) is 6.61 Å². The summed E-state index contributed by atoms with van der Waals surface area (Å²) in [6.45, 7) is 5.50. The first-order chi connectivity index (χ1) is 17.3. The summed E-state index contributed by atoms with van der Waals surface area (Å²) in [6.07, 6.45) is 30.0. The highest BCUT2D eigenvalue weighted by Crippen LogP contribution is 2.43. The topological polar surface area (TPSA) is 9.23 Å². The van der Waals surface area contributed by atoms with Gasteiger partial charge in [-0.05, 0) is 86.3 Å². The van der Waals surface area contributed by atoms with Gasteiger partial charge in [-0.2, -0.15) is 0 Å². The van der Waals surface area contributed by atoms with Crippen LogP contribution in [0, 0.1) is 23.7 Å². The standard InChI is InChI=1S/C34H58O/c1-3-5-7-8-9-10-11-12-28-35-34-26-20-31(21-27-34)15-14-30-18-24-33(25-19-30)32-22-16-29(17-23-32)13-6-4-2/h20-21,26-27,29-30,32-33H,3-19,22-25,28H2,1-2H3/t29-,30-,32-,33-. The van der Waals surface area contributed by atoms with E-state index >= 15 is 0 Å². The average Bonchev–Trinajstić information content (AvgIpc) is 2.91. The third-order valence-corrected chi connectivity index (χ3v) is 9.45. The molecule has 3 rings (SSSR count). The van der Waals surface area contributed by atoms with Gasteiger partial charge in [-0.1, -0.05) is 116 Å². The van der Waals surface area contributed by atoms with E-state index < -0.39 is 0 Å². The lowest BCUT2D eigenvalue weighted by molar-refractivity contribution is 0.140. The fourth-order valence-electron chi connectivity index (χ4n) is 6.94. The molecule has 2 fully saturated rings. The van der Waals surface area contributed by atoms with E-state index in [4.69, 9.17) is 4.74 Å². The first-order valence-corrected chi connectivity index (χ1v) is 16.0. The molecule has 0 spiro atoms. The van der Waals surface area contributed by atoms with E-state index in [0.29, 0.717) is 0 Å². The highest BCUT2D eigenvalue weighted by Gasteiger charge is 2.30. The fourth-order valence-corrected chi connectivity index (χ4v) is 6.94. The van der Waals surface area contributed by atoms with Crippen LogP contribution in [0.1, 0.15) is 148 Å². The molecule has 0 aromatic heterocycles. The molecule has 0 atom stereocenters. The van der Waals surface area contributed by atoms with Crippen molar-refractivity contribution in [1.29, 1.82) is 0 Å². The molecule has 1 nitrogen and oxygen atoms in total. The molecule has 0 heterocycles. The minimum absolute atomic E-state index is 0.873. The molecule has 200 valence electrons. The van der Waals surface area contributed by atoms with Crippen molar-refractivity contribution in [1.82, 2.24) is 0 Å². The van der Waals surface area contributed by atoms with Crippen LogP contribution in [0.2, 0.25) is 0 Å². The Labute approximate surface area is 219 Å². The Bertz CT molecular complexity index is 618. The van der Waals surface area contributed by atoms with Crippen molar-refractivity contribution in [3.05, 3.63) is 29.8 Å². The second-order valence-corrected chi connectivity index (χ2v) is 12.2. The minimum atomic E-state index is 0.873. The number of unbranched alkanes of at least 4 members (excludes halogenated alkanes) is 8. The van der Waals surface area contributed by atoms with Gasteiger partial charge in [0.05, 0.1) is 6.61 Å². The maximum Gasteiger partial charge on any atom is 0.119 e. The van der Waals surface area contributed by atoms with Gasteiger partial charge in [0.1, 0.15) is 5.75 Å². The van der Waals surface area contributed by atoms with E-state index in [1.54, 1.807) is 0 Å². The van der Waals surface area contributed by atoms with Gasteiger partial charge in [0.25, 0.3) is 0 Å². The van der Waals surface area contributed by atoms with Gasteiger partial charge in [0.2, 0.25) is 0 Å². The summed E-state index contributed by atoms with van der Waals surface area (Å²) in [5, 5.41) is 0. The van der Waals surface area contributed by atoms with Crippen molar-refractivity contribution < 1.29 is 4.74 Å². The monoisotopic (exact) mass is 482 g/mol. The largest absolute Gasteiger partial charge is 0.494 e. The molecule has 0 bridgehead atoms. The number of ether oxygens (including phenoxy) is 1. The molecule has 2 aliphatic carbocycles. The third kappa shape index (κ3) is 11.3. The molecule has 1 aromatic rings. The summed E-state index contributed by atoms with van der Waals surface area (Å²) in [6, 6.07) is 9.03. The Morgan fingerprint density at radius 1 is 0.571 bits per heavy atom. The Morgan fingerprint density at radius 2 is 1.09 bits per heavy atom. The van der Waals surface area contributed by atoms with E-state index in [-0.39, 0.29) is 0 Å². The Kier molecular flexibility index (Phi) is 14.3. The SMILES string of the molecule is CCCCCCCCCCOc1ccc(CC[C@H]2CC[C@H]([C@H]3CC[C@H](CCCC)CC3)CC2)cc1. The summed E-state index contributed by atoms with van der Waals surface area (Å²) in [5.41, 5.74) is 1.50. The van der Waals surface area contributed by atoms with Crippen molar-refractivity contribution in [2.24, 2.45) is 23.7 Å². The molecule has 0 saturated heterocycles. The summed E-state index contributed by atoms with van der Waals surface area (Å²) in [4.78, 5) is 0. The smallest absolute Gasteiger partial charge is 0.119 e. The predicted molar refractivity (Wildman–Crippen MR) is 153 cm³/mol. The lowest BCUT2D eigenvalue weighted by Gasteiger charge is -2.38. The number of aryl methyl sites for hydroxylation is 1. The molecule has 0 unspecified atom stereocenters. The lowest BCUT2D eigenvalue weighted by Crippen LogP contribution is -2.26. The van der Waals surface area contributed by atoms with Gasteiger partial charge >= 0.3 is 0 Å². The highest BCUT2D eigenvalue weighted by molar-refractivity contribution is 5.27. The number of rotatable bonds is 17. The van der Waals surface area contributed by atoms with Gasteiger partial charge in [-0.3, -0.25) is 0 Å². The van der Waals surface area contributed by atoms with Crippen molar-refractivity contribution in [2.75, 3.05) is 6.61 Å². The summed E-state index contributed by atoms with van der Waals surface area (Å²) >= 11 is 0. The summed E-state index contributed by atoms with van der Waals surface area (Å²) < 4.78 is 6.00. The molecule has 35 heavy (non-hydrogen) atoms. The van der Waals surface area contributed by atoms with Crippen molar-refractivity contribution in [3.8, 4) is 5.75 Å². The van der Waals surface area contributed by atoms with Gasteiger partial charge in [-0.25, -0.2) is 0 Å². The van der Waals surface area contributed by atoms with Crippen LogP contribution < -0.4 is 4.74 Å². The van der Waals surface area contributed by atoms with Crippen LogP contribution in [0.25, 0.3) is 0 Å². The number of hydrogen-bond donors (Lipinski definition) is 0. The van der Waals surface area contributed by atoms with Crippen LogP contribution in [0.3, 0.4) is 0 Å². The van der Waals surface area contributed by atoms with E-state index in [1.807, 2.05) is 0 Å². The molecular formula is C34H58O. The van der Waals surface area contributed by atoms with Gasteiger partial charge in [0.15, 0.2) is 0 Å². The fraction of sp³-hybridized carbons (Fsp3) is 0.824. The molecule has 2 saturated carbocycles. The first-order valence-electron chi connectivity index (χ1n) is 16.0. The van der Waals surface area contributed by atoms with Gasteiger partial charge < -0.3 is 4.74 Å². The van der Waals surface area contributed by atoms with Crippen LogP contribution in [-0.2, 0) is 6.42 Å². The quantitative estimate of drug-likeness (QED) is 0.201. The number of benzene rings is 1. The zero-order valence-corrected chi connectivity index (χ0v) is 23.6. The van der Waals surface area contributed by atoms with Crippen molar-refractivity contribution in [2.45, 2.75) is 149 Å². The van der Waals surface area contributed by atoms with Gasteiger partial charge in [0, 0.05) is 0 Å². The van der Waals surface area contributed by atoms with Crippen LogP contribution in [0.5, 0.6) is 5.75 Å². The zero-order valence-electron chi connectivity index (χ0n) is 23.6. The molecule has 0 aliphatic heterocycles. The van der Waals surface area contributed by atoms with Crippen LogP contribution in [0.15, 0.2) is 24.3 Å². The van der Waals surface area contributed by atoms with E-state index in [0.717, 1.165) is 36.0 Å². The van der Waals surface area contributed by atoms with Crippen molar-refractivity contribution in [3.63, 3.8) is 0 Å². The molecule has 1 heteroatoms.